The van der Waals surface area contributed by atoms with Gasteiger partial charge in [0.05, 0.1) is 6.10 Å². The third-order valence-electron chi connectivity index (χ3n) is 2.38. The Morgan fingerprint density at radius 2 is 1.84 bits per heavy atom. The summed E-state index contributed by atoms with van der Waals surface area (Å²) in [5.74, 6) is -4.06. The average Bonchev–Trinajstić information content (AvgIpc) is 2.26. The van der Waals surface area contributed by atoms with Gasteiger partial charge in [-0.1, -0.05) is 6.92 Å². The van der Waals surface area contributed by atoms with Gasteiger partial charge in [-0.25, -0.2) is 4.79 Å². The molecule has 0 spiro atoms. The Morgan fingerprint density at radius 1 is 1.32 bits per heavy atom. The van der Waals surface area contributed by atoms with E-state index in [2.05, 4.69) is 0 Å². The van der Waals surface area contributed by atoms with Gasteiger partial charge in [0.1, 0.15) is 6.04 Å². The van der Waals surface area contributed by atoms with Crippen molar-refractivity contribution in [3.8, 4) is 0 Å². The molecule has 0 heterocycles. The van der Waals surface area contributed by atoms with Crippen LogP contribution in [0.25, 0.3) is 0 Å². The highest BCUT2D eigenvalue weighted by atomic mass is 19.4. The van der Waals surface area contributed by atoms with E-state index < -0.39 is 42.7 Å². The van der Waals surface area contributed by atoms with E-state index in [1.165, 1.54) is 13.8 Å². The predicted octanol–water partition coefficient (Wildman–Crippen LogP) is 1.00. The number of carbonyl (C=O) groups excluding carboxylic acids is 2. The number of aliphatic hydroxyl groups excluding tert-OH is 1. The van der Waals surface area contributed by atoms with Crippen LogP contribution in [0.5, 0.6) is 0 Å². The lowest BCUT2D eigenvalue weighted by Crippen LogP contribution is -2.52. The first-order chi connectivity index (χ1) is 8.63. The van der Waals surface area contributed by atoms with Crippen LogP contribution >= 0.6 is 0 Å². The summed E-state index contributed by atoms with van der Waals surface area (Å²) in [4.78, 5) is 22.5. The van der Waals surface area contributed by atoms with Crippen LogP contribution < -0.4 is 5.32 Å². The van der Waals surface area contributed by atoms with Gasteiger partial charge in [-0.2, -0.15) is 13.2 Å². The number of aliphatic hydroxyl groups is 1. The number of hydrogen-bond donors (Lipinski definition) is 2. The number of rotatable bonds is 6. The van der Waals surface area contributed by atoms with E-state index >= 15 is 0 Å². The molecule has 0 aromatic heterocycles. The van der Waals surface area contributed by atoms with Crippen LogP contribution in [-0.4, -0.2) is 41.9 Å². The minimum Gasteiger partial charge on any atom is -0.461 e. The molecule has 0 radical (unpaired) electrons. The molecule has 0 aliphatic heterocycles. The molecule has 2 N–H and O–H groups in total. The van der Waals surface area contributed by atoms with Gasteiger partial charge in [0.2, 0.25) is 0 Å². The molecule has 0 rings (SSSR count). The van der Waals surface area contributed by atoms with Crippen molar-refractivity contribution in [2.45, 2.75) is 45.5 Å². The first-order valence-corrected chi connectivity index (χ1v) is 5.82. The van der Waals surface area contributed by atoms with Crippen molar-refractivity contribution in [3.63, 3.8) is 0 Å². The summed E-state index contributed by atoms with van der Waals surface area (Å²) in [7, 11) is 0. The van der Waals surface area contributed by atoms with Crippen LogP contribution in [0.3, 0.4) is 0 Å². The molecule has 0 unspecified atom stereocenters. The van der Waals surface area contributed by atoms with Gasteiger partial charge in [0.15, 0.2) is 0 Å². The molecule has 112 valence electrons. The molecule has 0 aromatic carbocycles. The van der Waals surface area contributed by atoms with Crippen molar-refractivity contribution in [1.82, 2.24) is 5.32 Å². The Hall–Kier alpha value is -1.31. The van der Waals surface area contributed by atoms with Crippen molar-refractivity contribution in [3.05, 3.63) is 0 Å². The Kier molecular flexibility index (Phi) is 6.82. The summed E-state index contributed by atoms with van der Waals surface area (Å²) in [6, 6.07) is -1.52. The second kappa shape index (κ2) is 7.32. The van der Waals surface area contributed by atoms with E-state index in [4.69, 9.17) is 9.84 Å². The molecule has 8 heteroatoms. The highest BCUT2D eigenvalue weighted by Gasteiger charge is 2.42. The largest absolute Gasteiger partial charge is 0.471 e. The Balaban J connectivity index is 4.97. The summed E-state index contributed by atoms with van der Waals surface area (Å²) in [6.07, 6.45) is -5.41. The summed E-state index contributed by atoms with van der Waals surface area (Å²) in [6.45, 7) is 4.10. The Labute approximate surface area is 109 Å². The van der Waals surface area contributed by atoms with E-state index in [0.717, 1.165) is 0 Å². The van der Waals surface area contributed by atoms with Gasteiger partial charge in [-0.15, -0.1) is 0 Å². The predicted molar refractivity (Wildman–Crippen MR) is 60.1 cm³/mol. The van der Waals surface area contributed by atoms with E-state index in [0.29, 0.717) is 0 Å². The fourth-order valence-electron chi connectivity index (χ4n) is 1.37. The van der Waals surface area contributed by atoms with E-state index in [9.17, 15) is 22.8 Å². The molecular weight excluding hydrogens is 267 g/mol. The monoisotopic (exact) mass is 285 g/mol. The Bertz CT molecular complexity index is 314. The quantitative estimate of drug-likeness (QED) is 0.714. The third-order valence-corrected chi connectivity index (χ3v) is 2.38. The smallest absolute Gasteiger partial charge is 0.461 e. The molecule has 0 bridgehead atoms. The number of amides is 1. The molecular formula is C11H18F3NO4. The van der Waals surface area contributed by atoms with Gasteiger partial charge in [-0.3, -0.25) is 4.79 Å². The molecule has 0 saturated carbocycles. The molecule has 19 heavy (non-hydrogen) atoms. The summed E-state index contributed by atoms with van der Waals surface area (Å²) in [5, 5.41) is 10.6. The zero-order valence-electron chi connectivity index (χ0n) is 11.0. The summed E-state index contributed by atoms with van der Waals surface area (Å²) < 4.78 is 41.3. The maximum absolute atomic E-state index is 12.2. The maximum Gasteiger partial charge on any atom is 0.471 e. The zero-order valence-corrected chi connectivity index (χ0v) is 11.0. The molecule has 0 saturated heterocycles. The van der Waals surface area contributed by atoms with Crippen LogP contribution in [0.15, 0.2) is 0 Å². The number of hydrogen-bond acceptors (Lipinski definition) is 4. The average molecular weight is 285 g/mol. The van der Waals surface area contributed by atoms with Crippen LogP contribution in [0.4, 0.5) is 13.2 Å². The van der Waals surface area contributed by atoms with Crippen LogP contribution in [0.2, 0.25) is 0 Å². The number of ether oxygens (including phenoxy) is 1. The molecule has 2 atom stereocenters. The molecule has 5 nitrogen and oxygen atoms in total. The van der Waals surface area contributed by atoms with Gasteiger partial charge in [-0.05, 0) is 20.3 Å². The number of nitrogens with one attached hydrogen (secondary N) is 1. The number of esters is 1. The van der Waals surface area contributed by atoms with Gasteiger partial charge >= 0.3 is 18.1 Å². The second-order valence-electron chi connectivity index (χ2n) is 4.29. The molecule has 1 amide bonds. The van der Waals surface area contributed by atoms with Crippen LogP contribution in [0.1, 0.15) is 27.2 Å². The lowest BCUT2D eigenvalue weighted by molar-refractivity contribution is -0.177. The van der Waals surface area contributed by atoms with Crippen LogP contribution in [0, 0.1) is 5.92 Å². The van der Waals surface area contributed by atoms with Crippen molar-refractivity contribution >= 4 is 11.9 Å². The van der Waals surface area contributed by atoms with Crippen molar-refractivity contribution in [1.29, 1.82) is 0 Å². The SMILES string of the molecule is CC[C@H](CO)[C@H](NC(=O)C(F)(F)F)C(=O)OC(C)C. The van der Waals surface area contributed by atoms with Gasteiger partial charge < -0.3 is 15.2 Å². The first kappa shape index (κ1) is 17.7. The summed E-state index contributed by atoms with van der Waals surface area (Å²) >= 11 is 0. The molecule has 0 aliphatic rings. The second-order valence-corrected chi connectivity index (χ2v) is 4.29. The highest BCUT2D eigenvalue weighted by molar-refractivity contribution is 5.87. The van der Waals surface area contributed by atoms with Crippen molar-refractivity contribution < 1.29 is 32.6 Å². The zero-order chi connectivity index (χ0) is 15.2. The fourth-order valence-corrected chi connectivity index (χ4v) is 1.37. The number of halogens is 3. The molecule has 0 fully saturated rings. The van der Waals surface area contributed by atoms with E-state index in [-0.39, 0.29) is 6.42 Å². The summed E-state index contributed by atoms with van der Waals surface area (Å²) in [5.41, 5.74) is 0. The maximum atomic E-state index is 12.2. The topological polar surface area (TPSA) is 75.6 Å². The number of alkyl halides is 3. The van der Waals surface area contributed by atoms with E-state index in [1.807, 2.05) is 0 Å². The molecule has 0 aromatic rings. The van der Waals surface area contributed by atoms with Gasteiger partial charge in [0, 0.05) is 12.5 Å². The lowest BCUT2D eigenvalue weighted by atomic mass is 9.97. The Morgan fingerprint density at radius 3 is 2.16 bits per heavy atom. The minimum absolute atomic E-state index is 0.215. The van der Waals surface area contributed by atoms with Crippen LogP contribution in [-0.2, 0) is 14.3 Å². The van der Waals surface area contributed by atoms with Crippen molar-refractivity contribution in [2.24, 2.45) is 5.92 Å². The van der Waals surface area contributed by atoms with E-state index in [1.54, 1.807) is 12.2 Å². The third kappa shape index (κ3) is 5.91. The minimum atomic E-state index is -5.09. The molecule has 0 aliphatic carbocycles. The number of carbonyl (C=O) groups is 2. The standard InChI is InChI=1S/C11H18F3NO4/c1-4-7(5-16)8(9(17)19-6(2)3)15-10(18)11(12,13)14/h6-8,16H,4-5H2,1-3H3,(H,15,18)/t7-,8+/m1/s1. The lowest BCUT2D eigenvalue weighted by Gasteiger charge is -2.25. The van der Waals surface area contributed by atoms with Crippen molar-refractivity contribution in [2.75, 3.05) is 6.61 Å². The fraction of sp³-hybridized carbons (Fsp3) is 0.818. The normalized spacial score (nSPS) is 14.9. The van der Waals surface area contributed by atoms with Gasteiger partial charge in [0.25, 0.3) is 0 Å². The first-order valence-electron chi connectivity index (χ1n) is 5.82. The highest BCUT2D eigenvalue weighted by Crippen LogP contribution is 2.17.